The van der Waals surface area contributed by atoms with Crippen LogP contribution in [0.15, 0.2) is 12.2 Å². The van der Waals surface area contributed by atoms with Gasteiger partial charge in [0.05, 0.1) is 15.7 Å². The highest BCUT2D eigenvalue weighted by Crippen LogP contribution is 1.78. The second kappa shape index (κ2) is 4.87. The van der Waals surface area contributed by atoms with Crippen LogP contribution in [0.1, 0.15) is 0 Å². The van der Waals surface area contributed by atoms with E-state index in [9.17, 15) is 0 Å². The minimum atomic E-state index is 0.594. The molecule has 0 atom stereocenters. The topological polar surface area (TPSA) is 0 Å². The van der Waals surface area contributed by atoms with Gasteiger partial charge in [-0.15, -0.1) is 0 Å². The lowest BCUT2D eigenvalue weighted by molar-refractivity contribution is 1.61. The van der Waals surface area contributed by atoms with Crippen LogP contribution >= 0.6 is 0 Å². The Balaban J connectivity index is 2.73. The van der Waals surface area contributed by atoms with Crippen molar-refractivity contribution in [2.75, 3.05) is 0 Å². The Bertz CT molecular complexity index is 34.8. The van der Waals surface area contributed by atoms with Gasteiger partial charge in [0.25, 0.3) is 0 Å². The predicted octanol–water partition coefficient (Wildman–Crippen LogP) is 0.716. The average molecular weight is 75.7 g/mol. The van der Waals surface area contributed by atoms with Gasteiger partial charge in [-0.3, -0.25) is 0 Å². The quantitative estimate of drug-likeness (QED) is 0.335. The van der Waals surface area contributed by atoms with E-state index in [1.807, 2.05) is 12.2 Å². The molecule has 4 radical (unpaired) electrons. The molecule has 0 heterocycles. The van der Waals surface area contributed by atoms with Gasteiger partial charge in [0.2, 0.25) is 0 Å². The first-order valence-electron chi connectivity index (χ1n) is 1.97. The van der Waals surface area contributed by atoms with Crippen LogP contribution in [0.5, 0.6) is 0 Å². The molecular formula is C4H6B2. The highest BCUT2D eigenvalue weighted by Gasteiger charge is 1.60. The van der Waals surface area contributed by atoms with E-state index < -0.39 is 0 Å². The fourth-order valence-electron chi connectivity index (χ4n) is 0.192. The van der Waals surface area contributed by atoms with Gasteiger partial charge in [-0.1, -0.05) is 24.8 Å². The number of allylic oxidation sites excluding steroid dienone is 2. The first kappa shape index (κ1) is 5.87. The zero-order valence-electron chi connectivity index (χ0n) is 3.72. The molecule has 0 unspecified atom stereocenters. The lowest BCUT2D eigenvalue weighted by atomic mass is 10.0. The van der Waals surface area contributed by atoms with E-state index in [-0.39, 0.29) is 0 Å². The van der Waals surface area contributed by atoms with Crippen LogP contribution < -0.4 is 0 Å². The maximum Gasteiger partial charge on any atom is 0.0708 e. The van der Waals surface area contributed by atoms with E-state index in [0.717, 1.165) is 0 Å². The van der Waals surface area contributed by atoms with Gasteiger partial charge in [-0.25, -0.2) is 0 Å². The molecule has 2 heteroatoms. The molecule has 0 amide bonds. The Kier molecular flexibility index (Phi) is 4.76. The molecule has 0 bridgehead atoms. The monoisotopic (exact) mass is 76.1 g/mol. The Morgan fingerprint density at radius 1 is 1.00 bits per heavy atom. The van der Waals surface area contributed by atoms with Crippen LogP contribution in [-0.2, 0) is 0 Å². The Morgan fingerprint density at radius 3 is 1.50 bits per heavy atom. The van der Waals surface area contributed by atoms with Crippen molar-refractivity contribution >= 4 is 15.7 Å². The smallest absolute Gasteiger partial charge is 0.0708 e. The summed E-state index contributed by atoms with van der Waals surface area (Å²) in [5.41, 5.74) is 0. The number of hydrogen-bond acceptors (Lipinski definition) is 0. The van der Waals surface area contributed by atoms with Gasteiger partial charge in [0, 0.05) is 0 Å². The van der Waals surface area contributed by atoms with Crippen molar-refractivity contribution < 1.29 is 0 Å². The molecule has 0 saturated carbocycles. The van der Waals surface area contributed by atoms with Crippen molar-refractivity contribution in [2.45, 2.75) is 12.6 Å². The van der Waals surface area contributed by atoms with E-state index >= 15 is 0 Å². The molecule has 0 aromatic heterocycles. The highest BCUT2D eigenvalue weighted by molar-refractivity contribution is 6.10. The maximum absolute atomic E-state index is 5.07. The molecule has 0 aromatic rings. The summed E-state index contributed by atoms with van der Waals surface area (Å²) >= 11 is 0. The van der Waals surface area contributed by atoms with Crippen molar-refractivity contribution in [3.8, 4) is 0 Å². The zero-order chi connectivity index (χ0) is 4.83. The van der Waals surface area contributed by atoms with Crippen molar-refractivity contribution in [3.05, 3.63) is 12.2 Å². The third-order valence-electron chi connectivity index (χ3n) is 0.439. The zero-order valence-corrected chi connectivity index (χ0v) is 3.72. The van der Waals surface area contributed by atoms with E-state index in [0.29, 0.717) is 12.6 Å². The minimum absolute atomic E-state index is 0.594. The molecule has 0 aliphatic rings. The maximum atomic E-state index is 5.07. The van der Waals surface area contributed by atoms with Gasteiger partial charge in [0.15, 0.2) is 0 Å². The lowest BCUT2D eigenvalue weighted by Gasteiger charge is -1.72. The van der Waals surface area contributed by atoms with E-state index in [1.54, 1.807) is 0 Å². The molecule has 0 saturated heterocycles. The summed E-state index contributed by atoms with van der Waals surface area (Å²) in [5, 5.41) is 0. The molecule has 0 fully saturated rings. The predicted molar refractivity (Wildman–Crippen MR) is 30.3 cm³/mol. The Morgan fingerprint density at radius 2 is 1.33 bits per heavy atom. The first-order valence-corrected chi connectivity index (χ1v) is 1.97. The summed E-state index contributed by atoms with van der Waals surface area (Å²) in [4.78, 5) is 0. The SMILES string of the molecule is [B]CC=CC[B]. The van der Waals surface area contributed by atoms with Crippen molar-refractivity contribution in [1.29, 1.82) is 0 Å². The molecule has 0 rings (SSSR count). The third kappa shape index (κ3) is 3.87. The van der Waals surface area contributed by atoms with Crippen LogP contribution in [-0.4, -0.2) is 15.7 Å². The second-order valence-corrected chi connectivity index (χ2v) is 0.943. The van der Waals surface area contributed by atoms with E-state index in [2.05, 4.69) is 0 Å². The van der Waals surface area contributed by atoms with Crippen LogP contribution in [0.25, 0.3) is 0 Å². The molecule has 0 N–H and O–H groups in total. The van der Waals surface area contributed by atoms with Crippen molar-refractivity contribution in [2.24, 2.45) is 0 Å². The Hall–Kier alpha value is -0.130. The average Bonchev–Trinajstić information content (AvgIpc) is 1.61. The molecule has 6 heavy (non-hydrogen) atoms. The van der Waals surface area contributed by atoms with E-state index in [4.69, 9.17) is 15.7 Å². The van der Waals surface area contributed by atoms with Crippen molar-refractivity contribution in [3.63, 3.8) is 0 Å². The fraction of sp³-hybridized carbons (Fsp3) is 0.500. The van der Waals surface area contributed by atoms with E-state index in [1.165, 1.54) is 0 Å². The van der Waals surface area contributed by atoms with Crippen molar-refractivity contribution in [1.82, 2.24) is 0 Å². The normalized spacial score (nSPS) is 10.0. The lowest BCUT2D eigenvalue weighted by Crippen LogP contribution is -1.58. The van der Waals surface area contributed by atoms with Gasteiger partial charge in [-0.05, 0) is 0 Å². The molecule has 28 valence electrons. The fourth-order valence-corrected chi connectivity index (χ4v) is 0.192. The van der Waals surface area contributed by atoms with Crippen LogP contribution in [0, 0.1) is 0 Å². The summed E-state index contributed by atoms with van der Waals surface area (Å²) in [5.74, 6) is 0. The summed E-state index contributed by atoms with van der Waals surface area (Å²) in [7, 11) is 10.1. The van der Waals surface area contributed by atoms with Crippen LogP contribution in [0.4, 0.5) is 0 Å². The molecule has 0 nitrogen and oxygen atoms in total. The molecule has 0 spiro atoms. The van der Waals surface area contributed by atoms with Gasteiger partial charge >= 0.3 is 0 Å². The second-order valence-electron chi connectivity index (χ2n) is 0.943. The Labute approximate surface area is 41.4 Å². The van der Waals surface area contributed by atoms with Crippen LogP contribution in [0.2, 0.25) is 12.6 Å². The van der Waals surface area contributed by atoms with Gasteiger partial charge in [-0.2, -0.15) is 0 Å². The van der Waals surface area contributed by atoms with Gasteiger partial charge in [0.1, 0.15) is 0 Å². The summed E-state index contributed by atoms with van der Waals surface area (Å²) in [6.07, 6.45) is 4.86. The van der Waals surface area contributed by atoms with Crippen LogP contribution in [0.3, 0.4) is 0 Å². The first-order chi connectivity index (χ1) is 2.91. The largest absolute Gasteiger partial charge is 0.0979 e. The standard InChI is InChI=1S/C4H6B2/c5-3-1-2-4-6/h1-2H,3-4H2. The molecule has 0 aromatic carbocycles. The molecule has 0 aliphatic heterocycles. The number of rotatable bonds is 2. The summed E-state index contributed by atoms with van der Waals surface area (Å²) < 4.78 is 0. The summed E-state index contributed by atoms with van der Waals surface area (Å²) in [6, 6.07) is 0. The summed E-state index contributed by atoms with van der Waals surface area (Å²) in [6.45, 7) is 0. The third-order valence-corrected chi connectivity index (χ3v) is 0.439. The molecule has 0 aliphatic carbocycles. The highest BCUT2D eigenvalue weighted by atomic mass is 13.6. The van der Waals surface area contributed by atoms with Gasteiger partial charge < -0.3 is 0 Å². The molecular weight excluding hydrogens is 69.7 g/mol. The number of hydrogen-bond donors (Lipinski definition) is 0. The minimum Gasteiger partial charge on any atom is -0.0979 e.